The molecular weight excluding hydrogens is 431 g/mol. The van der Waals surface area contributed by atoms with Gasteiger partial charge in [0, 0.05) is 17.3 Å². The van der Waals surface area contributed by atoms with Crippen molar-refractivity contribution in [2.24, 2.45) is 0 Å². The molecule has 3 N–H and O–H groups in total. The van der Waals surface area contributed by atoms with E-state index in [2.05, 4.69) is 21.0 Å². The first kappa shape index (κ1) is 21.2. The molecule has 0 saturated heterocycles. The standard InChI is InChI=1S/C21H19ClF3N5O/c22-14-4-2-5-15(9-14)30-16(10-19(29-30)21(23,24)25)12-27-20(31)28-18-6-1-3-13-11-26-8-7-17(13)18/h1-6,9-10,26H,7-8,11-12H2,(H2,27,28,31). The molecule has 0 fully saturated rings. The third-order valence-electron chi connectivity index (χ3n) is 4.94. The summed E-state index contributed by atoms with van der Waals surface area (Å²) in [5.41, 5.74) is 2.34. The number of anilines is 1. The molecule has 0 bridgehead atoms. The summed E-state index contributed by atoms with van der Waals surface area (Å²) in [6.07, 6.45) is -3.83. The summed E-state index contributed by atoms with van der Waals surface area (Å²) in [6.45, 7) is 1.38. The van der Waals surface area contributed by atoms with Crippen molar-refractivity contribution in [1.29, 1.82) is 0 Å². The third kappa shape index (κ3) is 4.83. The largest absolute Gasteiger partial charge is 0.435 e. The highest BCUT2D eigenvalue weighted by molar-refractivity contribution is 6.30. The lowest BCUT2D eigenvalue weighted by Gasteiger charge is -2.20. The van der Waals surface area contributed by atoms with E-state index >= 15 is 0 Å². The Bertz CT molecular complexity index is 1110. The summed E-state index contributed by atoms with van der Waals surface area (Å²) in [5.74, 6) is 0. The first-order chi connectivity index (χ1) is 14.8. The molecule has 0 unspecified atom stereocenters. The Morgan fingerprint density at radius 2 is 2.00 bits per heavy atom. The van der Waals surface area contributed by atoms with E-state index in [-0.39, 0.29) is 12.2 Å². The van der Waals surface area contributed by atoms with Gasteiger partial charge in [-0.2, -0.15) is 18.3 Å². The van der Waals surface area contributed by atoms with Gasteiger partial charge < -0.3 is 16.0 Å². The average molecular weight is 450 g/mol. The van der Waals surface area contributed by atoms with Crippen LogP contribution in [0, 0.1) is 0 Å². The van der Waals surface area contributed by atoms with Crippen LogP contribution < -0.4 is 16.0 Å². The van der Waals surface area contributed by atoms with E-state index < -0.39 is 17.9 Å². The number of aromatic nitrogens is 2. The molecule has 0 saturated carbocycles. The molecular formula is C21H19ClF3N5O. The minimum absolute atomic E-state index is 0.155. The van der Waals surface area contributed by atoms with Gasteiger partial charge in [-0.1, -0.05) is 29.8 Å². The average Bonchev–Trinajstić information content (AvgIpc) is 3.17. The van der Waals surface area contributed by atoms with Gasteiger partial charge in [0.1, 0.15) is 0 Å². The fraction of sp³-hybridized carbons (Fsp3) is 0.238. The highest BCUT2D eigenvalue weighted by atomic mass is 35.5. The summed E-state index contributed by atoms with van der Waals surface area (Å²) in [7, 11) is 0. The zero-order chi connectivity index (χ0) is 22.0. The predicted octanol–water partition coefficient (Wildman–Crippen LogP) is 4.51. The van der Waals surface area contributed by atoms with Crippen LogP contribution in [0.1, 0.15) is 22.5 Å². The second kappa shape index (κ2) is 8.60. The van der Waals surface area contributed by atoms with Crippen LogP contribution in [0.3, 0.4) is 0 Å². The van der Waals surface area contributed by atoms with Crippen LogP contribution in [-0.4, -0.2) is 22.4 Å². The van der Waals surface area contributed by atoms with Crippen LogP contribution in [0.2, 0.25) is 5.02 Å². The van der Waals surface area contributed by atoms with Gasteiger partial charge in [-0.05, 0) is 54.4 Å². The number of nitrogens with one attached hydrogen (secondary N) is 3. The summed E-state index contributed by atoms with van der Waals surface area (Å²) in [6, 6.07) is 12.4. The molecule has 3 aromatic rings. The monoisotopic (exact) mass is 449 g/mol. The number of rotatable bonds is 4. The van der Waals surface area contributed by atoms with Crippen molar-refractivity contribution in [1.82, 2.24) is 20.4 Å². The van der Waals surface area contributed by atoms with E-state index in [1.807, 2.05) is 18.2 Å². The van der Waals surface area contributed by atoms with Crippen LogP contribution in [0.25, 0.3) is 5.69 Å². The molecule has 0 radical (unpaired) electrons. The number of nitrogens with zero attached hydrogens (tertiary/aromatic N) is 2. The second-order valence-corrected chi connectivity index (χ2v) is 7.52. The van der Waals surface area contributed by atoms with Crippen LogP contribution in [-0.2, 0) is 25.7 Å². The number of carbonyl (C=O) groups is 1. The zero-order valence-corrected chi connectivity index (χ0v) is 17.0. The Hall–Kier alpha value is -3.04. The van der Waals surface area contributed by atoms with Gasteiger partial charge in [0.2, 0.25) is 0 Å². The molecule has 162 valence electrons. The number of amides is 2. The number of alkyl halides is 3. The van der Waals surface area contributed by atoms with E-state index in [0.717, 1.165) is 41.4 Å². The molecule has 6 nitrogen and oxygen atoms in total. The third-order valence-corrected chi connectivity index (χ3v) is 5.18. The van der Waals surface area contributed by atoms with E-state index in [1.165, 1.54) is 6.07 Å². The van der Waals surface area contributed by atoms with Crippen molar-refractivity contribution in [3.63, 3.8) is 0 Å². The highest BCUT2D eigenvalue weighted by Gasteiger charge is 2.35. The van der Waals surface area contributed by atoms with E-state index in [9.17, 15) is 18.0 Å². The topological polar surface area (TPSA) is 71.0 Å². The van der Waals surface area contributed by atoms with Crippen LogP contribution in [0.5, 0.6) is 0 Å². The van der Waals surface area contributed by atoms with Crippen LogP contribution >= 0.6 is 11.6 Å². The quantitative estimate of drug-likeness (QED) is 0.548. The summed E-state index contributed by atoms with van der Waals surface area (Å²) < 4.78 is 40.8. The molecule has 4 rings (SSSR count). The lowest BCUT2D eigenvalue weighted by molar-refractivity contribution is -0.141. The number of carbonyl (C=O) groups excluding carboxylic acids is 1. The predicted molar refractivity (Wildman–Crippen MR) is 111 cm³/mol. The van der Waals surface area contributed by atoms with Crippen molar-refractivity contribution < 1.29 is 18.0 Å². The maximum absolute atomic E-state index is 13.2. The molecule has 2 aromatic carbocycles. The maximum Gasteiger partial charge on any atom is 0.435 e. The molecule has 1 aromatic heterocycles. The number of hydrogen-bond acceptors (Lipinski definition) is 3. The lowest BCUT2D eigenvalue weighted by atomic mass is 9.99. The number of hydrogen-bond donors (Lipinski definition) is 3. The van der Waals surface area contributed by atoms with Gasteiger partial charge in [0.25, 0.3) is 0 Å². The zero-order valence-electron chi connectivity index (χ0n) is 16.3. The maximum atomic E-state index is 13.2. The van der Waals surface area contributed by atoms with Gasteiger partial charge in [-0.15, -0.1) is 0 Å². The number of urea groups is 1. The smallest absolute Gasteiger partial charge is 0.332 e. The minimum Gasteiger partial charge on any atom is -0.332 e. The van der Waals surface area contributed by atoms with E-state index in [1.54, 1.807) is 18.2 Å². The molecule has 0 aliphatic carbocycles. The lowest BCUT2D eigenvalue weighted by Crippen LogP contribution is -2.31. The molecule has 2 heterocycles. The molecule has 1 aliphatic heterocycles. The number of halogens is 4. The molecule has 2 amide bonds. The molecule has 31 heavy (non-hydrogen) atoms. The molecule has 1 aliphatic rings. The first-order valence-electron chi connectivity index (χ1n) is 9.59. The Balaban J connectivity index is 1.53. The molecule has 0 spiro atoms. The molecule has 10 heteroatoms. The van der Waals surface area contributed by atoms with Crippen molar-refractivity contribution >= 4 is 23.3 Å². The number of fused-ring (bicyclic) bond motifs is 1. The fourth-order valence-corrected chi connectivity index (χ4v) is 3.69. The summed E-state index contributed by atoms with van der Waals surface area (Å²) in [5, 5.41) is 12.7. The second-order valence-electron chi connectivity index (χ2n) is 7.09. The van der Waals surface area contributed by atoms with E-state index in [4.69, 9.17) is 11.6 Å². The fourth-order valence-electron chi connectivity index (χ4n) is 3.50. The van der Waals surface area contributed by atoms with Crippen molar-refractivity contribution in [2.75, 3.05) is 11.9 Å². The summed E-state index contributed by atoms with van der Waals surface area (Å²) in [4.78, 5) is 12.5. The number of benzene rings is 2. The highest BCUT2D eigenvalue weighted by Crippen LogP contribution is 2.30. The van der Waals surface area contributed by atoms with Crippen molar-refractivity contribution in [3.8, 4) is 5.69 Å². The van der Waals surface area contributed by atoms with Gasteiger partial charge in [-0.3, -0.25) is 0 Å². The van der Waals surface area contributed by atoms with E-state index in [0.29, 0.717) is 16.4 Å². The summed E-state index contributed by atoms with van der Waals surface area (Å²) >= 11 is 5.97. The van der Waals surface area contributed by atoms with Crippen molar-refractivity contribution in [3.05, 3.63) is 76.1 Å². The Morgan fingerprint density at radius 3 is 2.77 bits per heavy atom. The van der Waals surface area contributed by atoms with Gasteiger partial charge in [0.05, 0.1) is 17.9 Å². The normalized spacial score (nSPS) is 13.5. The van der Waals surface area contributed by atoms with Crippen molar-refractivity contribution in [2.45, 2.75) is 25.7 Å². The van der Waals surface area contributed by atoms with Crippen LogP contribution in [0.15, 0.2) is 48.5 Å². The van der Waals surface area contributed by atoms with Gasteiger partial charge in [0.15, 0.2) is 5.69 Å². The SMILES string of the molecule is O=C(NCc1cc(C(F)(F)F)nn1-c1cccc(Cl)c1)Nc1cccc2c1CCNC2. The first-order valence-corrected chi connectivity index (χ1v) is 9.97. The Labute approximate surface area is 181 Å². The van der Waals surface area contributed by atoms with Crippen LogP contribution in [0.4, 0.5) is 23.7 Å². The minimum atomic E-state index is -4.61. The Morgan fingerprint density at radius 1 is 1.19 bits per heavy atom. The van der Waals surface area contributed by atoms with Gasteiger partial charge in [-0.25, -0.2) is 9.48 Å². The Kier molecular flexibility index (Phi) is 5.88. The van der Waals surface area contributed by atoms with Gasteiger partial charge >= 0.3 is 12.2 Å². The molecule has 0 atom stereocenters.